The van der Waals surface area contributed by atoms with Crippen LogP contribution in [-0.4, -0.2) is 16.1 Å². The van der Waals surface area contributed by atoms with Crippen LogP contribution < -0.4 is 5.32 Å². The van der Waals surface area contributed by atoms with Crippen molar-refractivity contribution in [1.82, 2.24) is 10.2 Å². The number of anilines is 1. The smallest absolute Gasteiger partial charge is 0.322 e. The third-order valence-corrected chi connectivity index (χ3v) is 3.92. The summed E-state index contributed by atoms with van der Waals surface area (Å²) in [5.41, 5.74) is 1.75. The summed E-state index contributed by atoms with van der Waals surface area (Å²) in [6.07, 6.45) is 1.51. The Morgan fingerprint density at radius 3 is 2.08 bits per heavy atom. The Morgan fingerprint density at radius 1 is 0.846 bits per heavy atom. The molecule has 0 atom stereocenters. The average Bonchev–Trinajstić information content (AvgIpc) is 3.35. The molecule has 2 aromatic carbocycles. The molecule has 0 fully saturated rings. The molecule has 6 nitrogen and oxygen atoms in total. The van der Waals surface area contributed by atoms with Crippen molar-refractivity contribution in [2.45, 2.75) is 5.92 Å². The number of nitrogens with zero attached hydrogens (tertiary/aromatic N) is 2. The van der Waals surface area contributed by atoms with E-state index in [9.17, 15) is 4.79 Å². The molecule has 0 aliphatic rings. The minimum atomic E-state index is -0.489. The first-order valence-corrected chi connectivity index (χ1v) is 8.09. The van der Waals surface area contributed by atoms with Crippen LogP contribution in [0, 0.1) is 0 Å². The van der Waals surface area contributed by atoms with E-state index in [0.29, 0.717) is 5.76 Å². The number of furan rings is 1. The van der Waals surface area contributed by atoms with Crippen LogP contribution in [0.1, 0.15) is 17.0 Å². The molecular formula is C20H15N3O3. The van der Waals surface area contributed by atoms with Gasteiger partial charge in [0.15, 0.2) is 5.76 Å². The number of rotatable bonds is 5. The fraction of sp³-hybridized carbons (Fsp3) is 0.0500. The number of amides is 1. The van der Waals surface area contributed by atoms with Gasteiger partial charge in [-0.1, -0.05) is 65.8 Å². The van der Waals surface area contributed by atoms with Gasteiger partial charge in [-0.2, -0.15) is 0 Å². The maximum atomic E-state index is 12.9. The molecule has 0 radical (unpaired) electrons. The van der Waals surface area contributed by atoms with Crippen molar-refractivity contribution in [2.24, 2.45) is 0 Å². The van der Waals surface area contributed by atoms with E-state index in [1.807, 2.05) is 60.7 Å². The Bertz CT molecular complexity index is 940. The minimum Gasteiger partial charge on any atom is -0.459 e. The van der Waals surface area contributed by atoms with Crippen LogP contribution in [0.3, 0.4) is 0 Å². The molecular weight excluding hydrogens is 330 g/mol. The summed E-state index contributed by atoms with van der Waals surface area (Å²) < 4.78 is 10.7. The number of hydrogen-bond donors (Lipinski definition) is 1. The van der Waals surface area contributed by atoms with Gasteiger partial charge in [0.2, 0.25) is 5.91 Å². The van der Waals surface area contributed by atoms with Crippen LogP contribution in [0.4, 0.5) is 6.01 Å². The molecule has 2 aromatic heterocycles. The lowest BCUT2D eigenvalue weighted by molar-refractivity contribution is -0.116. The second-order valence-corrected chi connectivity index (χ2v) is 5.63. The average molecular weight is 345 g/mol. The quantitative estimate of drug-likeness (QED) is 0.589. The van der Waals surface area contributed by atoms with E-state index in [1.54, 1.807) is 12.1 Å². The molecule has 6 heteroatoms. The minimum absolute atomic E-state index is 0.0262. The molecule has 0 saturated heterocycles. The van der Waals surface area contributed by atoms with E-state index in [2.05, 4.69) is 15.5 Å². The summed E-state index contributed by atoms with van der Waals surface area (Å²) in [5.74, 6) is -0.0876. The Morgan fingerprint density at radius 2 is 1.50 bits per heavy atom. The van der Waals surface area contributed by atoms with Gasteiger partial charge < -0.3 is 8.83 Å². The van der Waals surface area contributed by atoms with Crippen LogP contribution in [0.2, 0.25) is 0 Å². The molecule has 4 rings (SSSR count). The molecule has 1 amide bonds. The Kier molecular flexibility index (Phi) is 4.30. The van der Waals surface area contributed by atoms with Crippen molar-refractivity contribution in [2.75, 3.05) is 5.32 Å². The zero-order valence-electron chi connectivity index (χ0n) is 13.7. The first-order chi connectivity index (χ1) is 12.8. The molecule has 0 spiro atoms. The van der Waals surface area contributed by atoms with E-state index in [-0.39, 0.29) is 17.8 Å². The van der Waals surface area contributed by atoms with E-state index in [0.717, 1.165) is 11.1 Å². The molecule has 4 aromatic rings. The number of carbonyl (C=O) groups excluding carboxylic acids is 1. The molecule has 1 N–H and O–H groups in total. The molecule has 0 aliphatic carbocycles. The highest BCUT2D eigenvalue weighted by atomic mass is 16.4. The lowest BCUT2D eigenvalue weighted by Gasteiger charge is -2.16. The number of nitrogens with one attached hydrogen (secondary N) is 1. The standard InChI is InChI=1S/C20H15N3O3/c24-18(21-20-23-22-19(26-20)16-12-7-13-25-16)17(14-8-3-1-4-9-14)15-10-5-2-6-11-15/h1-13,17H,(H,21,23,24). The third kappa shape index (κ3) is 3.25. The molecule has 128 valence electrons. The van der Waals surface area contributed by atoms with Crippen LogP contribution in [-0.2, 0) is 4.79 Å². The van der Waals surface area contributed by atoms with Gasteiger partial charge in [-0.3, -0.25) is 10.1 Å². The van der Waals surface area contributed by atoms with E-state index in [1.165, 1.54) is 6.26 Å². The van der Waals surface area contributed by atoms with Crippen molar-refractivity contribution in [1.29, 1.82) is 0 Å². The monoisotopic (exact) mass is 345 g/mol. The highest BCUT2D eigenvalue weighted by Gasteiger charge is 2.24. The molecule has 0 unspecified atom stereocenters. The van der Waals surface area contributed by atoms with E-state index >= 15 is 0 Å². The Hall–Kier alpha value is -3.67. The van der Waals surface area contributed by atoms with Gasteiger partial charge in [0.25, 0.3) is 5.89 Å². The SMILES string of the molecule is O=C(Nc1nnc(-c2ccco2)o1)C(c1ccccc1)c1ccccc1. The zero-order chi connectivity index (χ0) is 17.8. The maximum Gasteiger partial charge on any atom is 0.322 e. The lowest BCUT2D eigenvalue weighted by atomic mass is 9.90. The molecule has 0 saturated carbocycles. The van der Waals surface area contributed by atoms with Gasteiger partial charge >= 0.3 is 6.01 Å². The highest BCUT2D eigenvalue weighted by molar-refractivity contribution is 5.96. The summed E-state index contributed by atoms with van der Waals surface area (Å²) in [4.78, 5) is 12.9. The second-order valence-electron chi connectivity index (χ2n) is 5.63. The number of hydrogen-bond acceptors (Lipinski definition) is 5. The highest BCUT2D eigenvalue weighted by Crippen LogP contribution is 2.27. The van der Waals surface area contributed by atoms with Crippen LogP contribution >= 0.6 is 0 Å². The normalized spacial score (nSPS) is 10.8. The fourth-order valence-electron chi connectivity index (χ4n) is 2.74. The van der Waals surface area contributed by atoms with Gasteiger partial charge in [-0.15, -0.1) is 5.10 Å². The van der Waals surface area contributed by atoms with E-state index in [4.69, 9.17) is 8.83 Å². The summed E-state index contributed by atoms with van der Waals surface area (Å²) in [7, 11) is 0. The zero-order valence-corrected chi connectivity index (χ0v) is 13.7. The number of carbonyl (C=O) groups is 1. The molecule has 2 heterocycles. The van der Waals surface area contributed by atoms with Crippen molar-refractivity contribution in [3.05, 3.63) is 90.2 Å². The predicted octanol–water partition coefficient (Wildman–Crippen LogP) is 4.10. The first kappa shape index (κ1) is 15.8. The summed E-state index contributed by atoms with van der Waals surface area (Å²) in [6.45, 7) is 0. The van der Waals surface area contributed by atoms with Gasteiger partial charge in [0, 0.05) is 0 Å². The maximum absolute atomic E-state index is 12.9. The first-order valence-electron chi connectivity index (χ1n) is 8.09. The van der Waals surface area contributed by atoms with Gasteiger partial charge in [-0.25, -0.2) is 0 Å². The summed E-state index contributed by atoms with van der Waals surface area (Å²) >= 11 is 0. The van der Waals surface area contributed by atoms with Crippen LogP contribution in [0.5, 0.6) is 0 Å². The molecule has 26 heavy (non-hydrogen) atoms. The lowest BCUT2D eigenvalue weighted by Crippen LogP contribution is -2.22. The second kappa shape index (κ2) is 7.06. The largest absolute Gasteiger partial charge is 0.459 e. The number of benzene rings is 2. The molecule has 0 bridgehead atoms. The van der Waals surface area contributed by atoms with Gasteiger partial charge in [0.05, 0.1) is 12.2 Å². The van der Waals surface area contributed by atoms with Crippen molar-refractivity contribution in [3.8, 4) is 11.7 Å². The topological polar surface area (TPSA) is 81.2 Å². The van der Waals surface area contributed by atoms with Gasteiger partial charge in [0.1, 0.15) is 0 Å². The van der Waals surface area contributed by atoms with Gasteiger partial charge in [-0.05, 0) is 23.3 Å². The Labute approximate surface area is 149 Å². The fourth-order valence-corrected chi connectivity index (χ4v) is 2.74. The van der Waals surface area contributed by atoms with Crippen molar-refractivity contribution in [3.63, 3.8) is 0 Å². The summed E-state index contributed by atoms with van der Waals surface area (Å²) in [6, 6.07) is 22.6. The Balaban J connectivity index is 1.61. The number of aromatic nitrogens is 2. The van der Waals surface area contributed by atoms with Crippen molar-refractivity contribution < 1.29 is 13.6 Å². The summed E-state index contributed by atoms with van der Waals surface area (Å²) in [5, 5.41) is 10.5. The third-order valence-electron chi connectivity index (χ3n) is 3.92. The van der Waals surface area contributed by atoms with Crippen LogP contribution in [0.15, 0.2) is 87.9 Å². The molecule has 0 aliphatic heterocycles. The van der Waals surface area contributed by atoms with Crippen molar-refractivity contribution >= 4 is 11.9 Å². The predicted molar refractivity (Wildman–Crippen MR) is 95.4 cm³/mol. The van der Waals surface area contributed by atoms with Crippen LogP contribution in [0.25, 0.3) is 11.7 Å². The van der Waals surface area contributed by atoms with E-state index < -0.39 is 5.92 Å².